The predicted molar refractivity (Wildman–Crippen MR) is 123 cm³/mol. The number of rotatable bonds is 7. The van der Waals surface area contributed by atoms with E-state index in [1.54, 1.807) is 14.2 Å². The smallest absolute Gasteiger partial charge is 0.228 e. The molecular formula is C22H27ClN4O4S. The Hall–Kier alpha value is -1.78. The van der Waals surface area contributed by atoms with Crippen molar-refractivity contribution >= 4 is 34.5 Å². The molecule has 5 rings (SSSR count). The topological polar surface area (TPSA) is 103 Å². The first-order chi connectivity index (χ1) is 15.4. The predicted octanol–water partition coefficient (Wildman–Crippen LogP) is 2.49. The molecule has 0 unspecified atom stereocenters. The average molecular weight is 479 g/mol. The molecule has 2 N–H and O–H groups in total. The van der Waals surface area contributed by atoms with Crippen molar-refractivity contribution in [1.29, 1.82) is 0 Å². The van der Waals surface area contributed by atoms with Crippen LogP contribution in [0.4, 0.5) is 11.8 Å². The molecule has 1 atom stereocenters. The maximum absolute atomic E-state index is 12.6. The fourth-order valence-electron chi connectivity index (χ4n) is 4.67. The molecule has 32 heavy (non-hydrogen) atoms. The molecule has 1 aliphatic carbocycles. The summed E-state index contributed by atoms with van der Waals surface area (Å²) in [5.41, 5.74) is 0.909. The highest BCUT2D eigenvalue weighted by Gasteiger charge is 2.48. The highest BCUT2D eigenvalue weighted by molar-refractivity contribution is 7.91. The second-order valence-corrected chi connectivity index (χ2v) is 10.7. The first kappa shape index (κ1) is 22.0. The number of aromatic nitrogens is 2. The van der Waals surface area contributed by atoms with Gasteiger partial charge in [0.25, 0.3) is 0 Å². The third kappa shape index (κ3) is 3.51. The van der Waals surface area contributed by atoms with Crippen LogP contribution in [0.3, 0.4) is 0 Å². The number of methoxy groups -OCH3 is 2. The summed E-state index contributed by atoms with van der Waals surface area (Å²) in [6, 6.07) is 5.67. The molecule has 1 saturated carbocycles. The van der Waals surface area contributed by atoms with E-state index >= 15 is 0 Å². The number of aryl methyl sites for hydroxylation is 1. The lowest BCUT2D eigenvalue weighted by Gasteiger charge is -2.49. The number of benzene rings is 1. The summed E-state index contributed by atoms with van der Waals surface area (Å²) in [4.78, 5) is 12.3. The molecule has 0 spiro atoms. The van der Waals surface area contributed by atoms with Gasteiger partial charge < -0.3 is 29.3 Å². The van der Waals surface area contributed by atoms with Crippen molar-refractivity contribution in [1.82, 2.24) is 9.97 Å². The SMILES string of the molecule is COc1cc(C2(OC)CN(c3nc4c(c(NC5(CO)CCC5)n3)[S@+]([O-])CC4)C2)ccc1Cl. The van der Waals surface area contributed by atoms with Crippen molar-refractivity contribution in [2.24, 2.45) is 0 Å². The number of aliphatic hydroxyl groups excluding tert-OH is 1. The first-order valence-corrected chi connectivity index (χ1v) is 12.4. The van der Waals surface area contributed by atoms with E-state index in [0.29, 0.717) is 52.7 Å². The number of hydrogen-bond donors (Lipinski definition) is 2. The van der Waals surface area contributed by atoms with Crippen LogP contribution in [0.5, 0.6) is 5.75 Å². The average Bonchev–Trinajstić information content (AvgIpc) is 3.12. The number of nitrogens with one attached hydrogen (secondary N) is 1. The van der Waals surface area contributed by atoms with E-state index in [9.17, 15) is 9.66 Å². The Morgan fingerprint density at radius 2 is 2.06 bits per heavy atom. The van der Waals surface area contributed by atoms with Crippen molar-refractivity contribution in [3.8, 4) is 5.75 Å². The monoisotopic (exact) mass is 478 g/mol. The number of anilines is 2. The van der Waals surface area contributed by atoms with Crippen LogP contribution in [0.25, 0.3) is 0 Å². The van der Waals surface area contributed by atoms with Gasteiger partial charge in [0.2, 0.25) is 10.8 Å². The van der Waals surface area contributed by atoms with Crippen LogP contribution in [0.2, 0.25) is 5.02 Å². The minimum atomic E-state index is -1.12. The molecule has 1 saturated heterocycles. The highest BCUT2D eigenvalue weighted by atomic mass is 35.5. The van der Waals surface area contributed by atoms with Gasteiger partial charge in [-0.25, -0.2) is 4.98 Å². The maximum atomic E-state index is 12.6. The zero-order chi connectivity index (χ0) is 22.5. The summed E-state index contributed by atoms with van der Waals surface area (Å²) >= 11 is 5.07. The van der Waals surface area contributed by atoms with E-state index in [2.05, 4.69) is 10.2 Å². The molecule has 0 amide bonds. The standard InChI is InChI=1S/C22H27ClN4O4S/c1-30-17-10-14(4-5-15(17)23)22(31-2)11-27(12-22)20-24-16-6-9-32(29)18(16)19(25-20)26-21(13-28)7-3-8-21/h4-5,10,28H,3,6-9,11-13H2,1-2H3,(H,24,25,26)/t32-/m1/s1. The lowest BCUT2D eigenvalue weighted by molar-refractivity contribution is -0.0391. The lowest BCUT2D eigenvalue weighted by Crippen LogP contribution is -2.61. The van der Waals surface area contributed by atoms with E-state index in [1.165, 1.54) is 0 Å². The third-order valence-electron chi connectivity index (χ3n) is 6.92. The van der Waals surface area contributed by atoms with Crippen LogP contribution < -0.4 is 15.0 Å². The summed E-state index contributed by atoms with van der Waals surface area (Å²) < 4.78 is 23.9. The van der Waals surface area contributed by atoms with Gasteiger partial charge in [0.1, 0.15) is 22.8 Å². The second-order valence-electron chi connectivity index (χ2n) is 8.77. The molecule has 3 aliphatic rings. The van der Waals surface area contributed by atoms with Gasteiger partial charge in [-0.15, -0.1) is 0 Å². The summed E-state index contributed by atoms with van der Waals surface area (Å²) in [7, 11) is 3.29. The van der Waals surface area contributed by atoms with Crippen LogP contribution in [0, 0.1) is 0 Å². The Morgan fingerprint density at radius 3 is 2.69 bits per heavy atom. The quantitative estimate of drug-likeness (QED) is 0.585. The van der Waals surface area contributed by atoms with Crippen molar-refractivity contribution < 1.29 is 19.1 Å². The van der Waals surface area contributed by atoms with Crippen molar-refractivity contribution in [2.75, 3.05) is 49.9 Å². The van der Waals surface area contributed by atoms with Crippen molar-refractivity contribution in [2.45, 2.75) is 41.7 Å². The molecule has 2 aliphatic heterocycles. The molecule has 2 fully saturated rings. The molecule has 1 aromatic carbocycles. The highest BCUT2D eigenvalue weighted by Crippen LogP contribution is 2.43. The third-order valence-corrected chi connectivity index (χ3v) is 8.69. The molecule has 0 bridgehead atoms. The van der Waals surface area contributed by atoms with Gasteiger partial charge in [0, 0.05) is 13.5 Å². The zero-order valence-corrected chi connectivity index (χ0v) is 19.8. The number of aliphatic hydroxyl groups is 1. The van der Waals surface area contributed by atoms with Gasteiger partial charge in [0.05, 0.1) is 37.4 Å². The van der Waals surface area contributed by atoms with Gasteiger partial charge in [0.15, 0.2) is 5.82 Å². The minimum Gasteiger partial charge on any atom is -0.611 e. The molecule has 10 heteroatoms. The van der Waals surface area contributed by atoms with Crippen LogP contribution in [0.1, 0.15) is 30.5 Å². The Labute approximate surface area is 195 Å². The Bertz CT molecular complexity index is 1020. The Kier molecular flexibility index (Phi) is 5.66. The number of halogens is 1. The first-order valence-electron chi connectivity index (χ1n) is 10.7. The molecule has 0 radical (unpaired) electrons. The van der Waals surface area contributed by atoms with Gasteiger partial charge in [-0.05, 0) is 48.1 Å². The van der Waals surface area contributed by atoms with Crippen LogP contribution in [-0.4, -0.2) is 64.8 Å². The van der Waals surface area contributed by atoms with Crippen molar-refractivity contribution in [3.63, 3.8) is 0 Å². The largest absolute Gasteiger partial charge is 0.611 e. The molecule has 2 aromatic rings. The van der Waals surface area contributed by atoms with Crippen molar-refractivity contribution in [3.05, 3.63) is 34.5 Å². The van der Waals surface area contributed by atoms with Crippen LogP contribution in [0.15, 0.2) is 23.1 Å². The second kappa shape index (κ2) is 8.22. The molecule has 3 heterocycles. The zero-order valence-electron chi connectivity index (χ0n) is 18.2. The van der Waals surface area contributed by atoms with Gasteiger partial charge in [-0.1, -0.05) is 17.7 Å². The van der Waals surface area contributed by atoms with E-state index in [4.69, 9.17) is 31.0 Å². The molecule has 8 nitrogen and oxygen atoms in total. The number of hydrogen-bond acceptors (Lipinski definition) is 8. The summed E-state index contributed by atoms with van der Waals surface area (Å²) in [5, 5.41) is 13.9. The fraction of sp³-hybridized carbons (Fsp3) is 0.545. The summed E-state index contributed by atoms with van der Waals surface area (Å²) in [6.45, 7) is 1.17. The van der Waals surface area contributed by atoms with Gasteiger partial charge in [-0.3, -0.25) is 0 Å². The minimum absolute atomic E-state index is 0.0304. The number of nitrogens with zero attached hydrogens (tertiary/aromatic N) is 3. The number of ether oxygens (including phenoxy) is 2. The lowest BCUT2D eigenvalue weighted by atomic mass is 9.77. The summed E-state index contributed by atoms with van der Waals surface area (Å²) in [5.74, 6) is 2.35. The fourth-order valence-corrected chi connectivity index (χ4v) is 6.17. The van der Waals surface area contributed by atoms with E-state index in [0.717, 1.165) is 30.5 Å². The van der Waals surface area contributed by atoms with E-state index < -0.39 is 16.8 Å². The normalized spacial score (nSPS) is 22.7. The number of fused-ring (bicyclic) bond motifs is 1. The summed E-state index contributed by atoms with van der Waals surface area (Å²) in [6.07, 6.45) is 3.47. The van der Waals surface area contributed by atoms with E-state index in [1.807, 2.05) is 18.2 Å². The Balaban J connectivity index is 1.43. The molecular weight excluding hydrogens is 452 g/mol. The Morgan fingerprint density at radius 1 is 1.28 bits per heavy atom. The molecule has 1 aromatic heterocycles. The molecule has 172 valence electrons. The van der Waals surface area contributed by atoms with E-state index in [-0.39, 0.29) is 12.1 Å². The van der Waals surface area contributed by atoms with Gasteiger partial charge >= 0.3 is 0 Å². The maximum Gasteiger partial charge on any atom is 0.228 e. The van der Waals surface area contributed by atoms with Crippen LogP contribution in [-0.2, 0) is 27.9 Å². The van der Waals surface area contributed by atoms with Gasteiger partial charge in [-0.2, -0.15) is 4.98 Å². The van der Waals surface area contributed by atoms with Crippen LogP contribution >= 0.6 is 11.6 Å².